The molecule has 1 amide bonds. The Balaban J connectivity index is 1.54. The molecular formula is C46H57N3O9. The van der Waals surface area contributed by atoms with Crippen LogP contribution < -0.4 is 5.32 Å². The number of amides is 1. The third kappa shape index (κ3) is 14.4. The molecule has 4 aromatic rings. The van der Waals surface area contributed by atoms with Crippen LogP contribution in [0.5, 0.6) is 0 Å². The molecule has 0 unspecified atom stereocenters. The summed E-state index contributed by atoms with van der Waals surface area (Å²) in [6.07, 6.45) is -1.05. The molecule has 6 atom stereocenters. The fourth-order valence-corrected chi connectivity index (χ4v) is 6.25. The SMILES string of the molecule is CC(C)[C@H](OC(=O)[C@H](C)[C@H](O)[C@H](Cc1cccnc1)N(Cc1ccccc1)Cc1ccccc1)C(=O)O[C@H](C)[C@H](NC(=O)OC(C)(C)C)C(=O)OCc1ccccc1. The van der Waals surface area contributed by atoms with Crippen LogP contribution in [0.1, 0.15) is 70.7 Å². The van der Waals surface area contributed by atoms with Crippen LogP contribution in [0.15, 0.2) is 116 Å². The molecule has 1 aromatic heterocycles. The molecule has 1 heterocycles. The Labute approximate surface area is 341 Å². The molecule has 310 valence electrons. The molecule has 0 saturated carbocycles. The van der Waals surface area contributed by atoms with Crippen molar-refractivity contribution in [2.75, 3.05) is 0 Å². The number of nitrogens with one attached hydrogen (secondary N) is 1. The van der Waals surface area contributed by atoms with E-state index < -0.39 is 71.8 Å². The first kappa shape index (κ1) is 45.1. The standard InChI is InChI=1S/C46H57N3O9/c1-31(2)41(44(53)56-33(4)39(48-45(54)58-46(5,6)7)43(52)55-30-36-22-15-10-16-23-36)57-42(51)32(3)40(50)38(26-37-24-17-25-47-27-37)49(28-34-18-11-8-12-19-34)29-35-20-13-9-14-21-35/h8-25,27,31-33,38-41,50H,26,28-30H2,1-7H3,(H,48,54)/t32-,33-,38+,39+,40+,41+/m1/s1. The highest BCUT2D eigenvalue weighted by molar-refractivity contribution is 5.84. The Morgan fingerprint density at radius 2 is 1.24 bits per heavy atom. The first-order valence-electron chi connectivity index (χ1n) is 19.6. The predicted molar refractivity (Wildman–Crippen MR) is 219 cm³/mol. The summed E-state index contributed by atoms with van der Waals surface area (Å²) in [5, 5.41) is 14.6. The fourth-order valence-electron chi connectivity index (χ4n) is 6.25. The zero-order valence-corrected chi connectivity index (χ0v) is 34.4. The Morgan fingerprint density at radius 1 is 0.707 bits per heavy atom. The van der Waals surface area contributed by atoms with Gasteiger partial charge in [0.25, 0.3) is 0 Å². The number of alkyl carbamates (subject to hydrolysis) is 1. The van der Waals surface area contributed by atoms with Crippen molar-refractivity contribution in [2.45, 2.75) is 111 Å². The third-order valence-electron chi connectivity index (χ3n) is 9.37. The van der Waals surface area contributed by atoms with Gasteiger partial charge in [0.05, 0.1) is 12.0 Å². The van der Waals surface area contributed by atoms with Gasteiger partial charge in [-0.3, -0.25) is 14.7 Å². The number of carbonyl (C=O) groups is 4. The van der Waals surface area contributed by atoms with E-state index in [0.29, 0.717) is 25.1 Å². The lowest BCUT2D eigenvalue weighted by atomic mass is 9.91. The van der Waals surface area contributed by atoms with Crippen molar-refractivity contribution < 1.29 is 43.2 Å². The topological polar surface area (TPSA) is 154 Å². The second kappa shape index (κ2) is 21.8. The Bertz CT molecular complexity index is 1830. The van der Waals surface area contributed by atoms with E-state index in [2.05, 4.69) is 15.2 Å². The van der Waals surface area contributed by atoms with Gasteiger partial charge in [0, 0.05) is 37.4 Å². The molecule has 12 nitrogen and oxygen atoms in total. The van der Waals surface area contributed by atoms with Crippen LogP contribution in [0, 0.1) is 11.8 Å². The largest absolute Gasteiger partial charge is 0.459 e. The quantitative estimate of drug-likeness (QED) is 0.0759. The van der Waals surface area contributed by atoms with Crippen LogP contribution in [0.25, 0.3) is 0 Å². The van der Waals surface area contributed by atoms with Crippen LogP contribution in [-0.4, -0.2) is 75.0 Å². The number of hydrogen-bond donors (Lipinski definition) is 2. The summed E-state index contributed by atoms with van der Waals surface area (Å²) >= 11 is 0. The molecule has 0 spiro atoms. The molecule has 4 rings (SSSR count). The maximum Gasteiger partial charge on any atom is 0.408 e. The Morgan fingerprint density at radius 3 is 1.74 bits per heavy atom. The number of aliphatic hydroxyl groups excluding tert-OH is 1. The van der Waals surface area contributed by atoms with E-state index in [1.165, 1.54) is 6.92 Å². The number of ether oxygens (including phenoxy) is 4. The summed E-state index contributed by atoms with van der Waals surface area (Å²) in [7, 11) is 0. The van der Waals surface area contributed by atoms with Gasteiger partial charge in [0.1, 0.15) is 18.3 Å². The molecule has 0 radical (unpaired) electrons. The number of carbonyl (C=O) groups excluding carboxylic acids is 4. The van der Waals surface area contributed by atoms with Gasteiger partial charge in [-0.25, -0.2) is 14.4 Å². The molecule has 3 aromatic carbocycles. The van der Waals surface area contributed by atoms with Crippen LogP contribution in [0.2, 0.25) is 0 Å². The van der Waals surface area contributed by atoms with Gasteiger partial charge in [-0.15, -0.1) is 0 Å². The van der Waals surface area contributed by atoms with Crippen molar-refractivity contribution in [2.24, 2.45) is 11.8 Å². The molecule has 0 aliphatic rings. The second-order valence-corrected chi connectivity index (χ2v) is 15.7. The van der Waals surface area contributed by atoms with E-state index in [-0.39, 0.29) is 6.61 Å². The maximum atomic E-state index is 14.0. The lowest BCUT2D eigenvalue weighted by Crippen LogP contribution is -2.52. The van der Waals surface area contributed by atoms with Crippen LogP contribution in [-0.2, 0) is 59.4 Å². The van der Waals surface area contributed by atoms with E-state index in [0.717, 1.165) is 16.7 Å². The minimum absolute atomic E-state index is 0.0881. The zero-order chi connectivity index (χ0) is 42.2. The van der Waals surface area contributed by atoms with Crippen molar-refractivity contribution in [3.05, 3.63) is 138 Å². The van der Waals surface area contributed by atoms with Gasteiger partial charge >= 0.3 is 24.0 Å². The number of benzene rings is 3. The highest BCUT2D eigenvalue weighted by Gasteiger charge is 2.40. The highest BCUT2D eigenvalue weighted by atomic mass is 16.6. The van der Waals surface area contributed by atoms with Gasteiger partial charge in [-0.05, 0) is 69.4 Å². The number of esters is 3. The van der Waals surface area contributed by atoms with Crippen molar-refractivity contribution in [1.29, 1.82) is 0 Å². The average Bonchev–Trinajstić information content (AvgIpc) is 3.20. The van der Waals surface area contributed by atoms with Crippen LogP contribution >= 0.6 is 0 Å². The number of rotatable bonds is 19. The average molecular weight is 796 g/mol. The zero-order valence-electron chi connectivity index (χ0n) is 34.4. The molecule has 0 bridgehead atoms. The highest BCUT2D eigenvalue weighted by Crippen LogP contribution is 2.25. The smallest absolute Gasteiger partial charge is 0.408 e. The number of nitrogens with zero attached hydrogens (tertiary/aromatic N) is 2. The Kier molecular flexibility index (Phi) is 17.0. The third-order valence-corrected chi connectivity index (χ3v) is 9.37. The summed E-state index contributed by atoms with van der Waals surface area (Å²) < 4.78 is 22.4. The number of aromatic nitrogens is 1. The lowest BCUT2D eigenvalue weighted by Gasteiger charge is -2.37. The van der Waals surface area contributed by atoms with Gasteiger partial charge in [0.15, 0.2) is 6.04 Å². The van der Waals surface area contributed by atoms with Crippen LogP contribution in [0.4, 0.5) is 4.79 Å². The summed E-state index contributed by atoms with van der Waals surface area (Å²) in [5.74, 6) is -4.26. The maximum absolute atomic E-state index is 14.0. The molecule has 2 N–H and O–H groups in total. The monoisotopic (exact) mass is 795 g/mol. The molecule has 0 aliphatic heterocycles. The van der Waals surface area contributed by atoms with Crippen LogP contribution in [0.3, 0.4) is 0 Å². The molecule has 12 heteroatoms. The van der Waals surface area contributed by atoms with Gasteiger partial charge in [0.2, 0.25) is 6.10 Å². The lowest BCUT2D eigenvalue weighted by molar-refractivity contribution is -0.181. The normalized spacial score (nSPS) is 14.7. The van der Waals surface area contributed by atoms with Crippen molar-refractivity contribution in [3.8, 4) is 0 Å². The first-order valence-corrected chi connectivity index (χ1v) is 19.6. The van der Waals surface area contributed by atoms with Crippen molar-refractivity contribution in [3.63, 3.8) is 0 Å². The number of aliphatic hydroxyl groups is 1. The molecule has 0 aliphatic carbocycles. The van der Waals surface area contributed by atoms with Crippen molar-refractivity contribution >= 4 is 24.0 Å². The minimum atomic E-state index is -1.46. The van der Waals surface area contributed by atoms with E-state index >= 15 is 0 Å². The van der Waals surface area contributed by atoms with E-state index in [4.69, 9.17) is 18.9 Å². The fraction of sp³-hybridized carbons (Fsp3) is 0.413. The minimum Gasteiger partial charge on any atom is -0.459 e. The Hall–Kier alpha value is -5.59. The summed E-state index contributed by atoms with van der Waals surface area (Å²) in [5.41, 5.74) is 2.75. The second-order valence-electron chi connectivity index (χ2n) is 15.7. The van der Waals surface area contributed by atoms with Gasteiger partial charge in [-0.2, -0.15) is 0 Å². The van der Waals surface area contributed by atoms with E-state index in [9.17, 15) is 24.3 Å². The summed E-state index contributed by atoms with van der Waals surface area (Å²) in [6.45, 7) is 12.2. The first-order chi connectivity index (χ1) is 27.6. The van der Waals surface area contributed by atoms with Gasteiger partial charge in [-0.1, -0.05) is 111 Å². The van der Waals surface area contributed by atoms with Gasteiger partial charge < -0.3 is 29.4 Å². The molecule has 58 heavy (non-hydrogen) atoms. The predicted octanol–water partition coefficient (Wildman–Crippen LogP) is 6.83. The summed E-state index contributed by atoms with van der Waals surface area (Å²) in [4.78, 5) is 60.3. The van der Waals surface area contributed by atoms with E-state index in [1.807, 2.05) is 78.9 Å². The van der Waals surface area contributed by atoms with E-state index in [1.54, 1.807) is 78.2 Å². The molecule has 0 fully saturated rings. The summed E-state index contributed by atoms with van der Waals surface area (Å²) in [6, 6.07) is 30.4. The van der Waals surface area contributed by atoms with Crippen molar-refractivity contribution in [1.82, 2.24) is 15.2 Å². The molecule has 0 saturated heterocycles. The number of hydrogen-bond acceptors (Lipinski definition) is 11. The number of pyridine rings is 1. The molecular weight excluding hydrogens is 739 g/mol.